The van der Waals surface area contributed by atoms with Gasteiger partial charge in [-0.2, -0.15) is 0 Å². The average Bonchev–Trinajstić information content (AvgIpc) is 3.18. The molecule has 1 atom stereocenters. The van der Waals surface area contributed by atoms with Gasteiger partial charge in [-0.1, -0.05) is 11.8 Å². The second-order valence-corrected chi connectivity index (χ2v) is 8.92. The highest BCUT2D eigenvalue weighted by Crippen LogP contribution is 2.24. The molecule has 1 aromatic rings. The third-order valence-corrected chi connectivity index (χ3v) is 6.57. The molecule has 2 fully saturated rings. The Labute approximate surface area is 137 Å². The molecule has 8 nitrogen and oxygen atoms in total. The number of hydrogen-bond donors (Lipinski definition) is 0. The van der Waals surface area contributed by atoms with Crippen molar-refractivity contribution >= 4 is 33.4 Å². The number of hydrogen-bond acceptors (Lipinski definition) is 8. The Morgan fingerprint density at radius 1 is 1.39 bits per heavy atom. The van der Waals surface area contributed by atoms with Gasteiger partial charge in [0.05, 0.1) is 17.3 Å². The molecule has 126 valence electrons. The topological polar surface area (TPSA) is 110 Å². The zero-order chi connectivity index (χ0) is 16.4. The number of carbonyl (C=O) groups is 2. The van der Waals surface area contributed by atoms with E-state index in [0.717, 1.165) is 11.8 Å². The molecule has 2 amide bonds. The SMILES string of the molecule is O=C1CCCN1C(=O)CSc1nnc(C[C@H]2CCS(=O)(=O)C2)o1. The Morgan fingerprint density at radius 2 is 2.22 bits per heavy atom. The number of thioether (sulfide) groups is 1. The highest BCUT2D eigenvalue weighted by atomic mass is 32.2. The molecule has 0 bridgehead atoms. The highest BCUT2D eigenvalue weighted by molar-refractivity contribution is 7.99. The number of rotatable bonds is 5. The van der Waals surface area contributed by atoms with Crippen LogP contribution < -0.4 is 0 Å². The van der Waals surface area contributed by atoms with E-state index in [1.54, 1.807) is 0 Å². The summed E-state index contributed by atoms with van der Waals surface area (Å²) in [4.78, 5) is 24.6. The van der Waals surface area contributed by atoms with Crippen molar-refractivity contribution in [3.05, 3.63) is 5.89 Å². The van der Waals surface area contributed by atoms with E-state index in [1.807, 2.05) is 0 Å². The normalized spacial score (nSPS) is 23.6. The van der Waals surface area contributed by atoms with Gasteiger partial charge < -0.3 is 4.42 Å². The van der Waals surface area contributed by atoms with Gasteiger partial charge in [0.1, 0.15) is 0 Å². The predicted octanol–water partition coefficient (Wildman–Crippen LogP) is 0.288. The molecule has 0 aliphatic carbocycles. The third kappa shape index (κ3) is 4.11. The van der Waals surface area contributed by atoms with Gasteiger partial charge in [-0.25, -0.2) is 8.42 Å². The van der Waals surface area contributed by atoms with E-state index in [1.165, 1.54) is 4.90 Å². The third-order valence-electron chi connectivity index (χ3n) is 3.93. The van der Waals surface area contributed by atoms with Crippen molar-refractivity contribution in [3.63, 3.8) is 0 Å². The first-order valence-electron chi connectivity index (χ1n) is 7.42. The maximum atomic E-state index is 11.9. The van der Waals surface area contributed by atoms with Crippen LogP contribution in [-0.2, 0) is 25.8 Å². The van der Waals surface area contributed by atoms with Crippen LogP contribution in [0.1, 0.15) is 25.2 Å². The van der Waals surface area contributed by atoms with E-state index >= 15 is 0 Å². The zero-order valence-corrected chi connectivity index (χ0v) is 14.1. The van der Waals surface area contributed by atoms with Crippen molar-refractivity contribution in [1.82, 2.24) is 15.1 Å². The number of nitrogens with zero attached hydrogens (tertiary/aromatic N) is 3. The van der Waals surface area contributed by atoms with Crippen molar-refractivity contribution in [2.45, 2.75) is 30.9 Å². The molecule has 0 saturated carbocycles. The standard InChI is InChI=1S/C13H17N3O5S2/c17-11-2-1-4-16(11)12(18)7-22-13-15-14-10(21-13)6-9-3-5-23(19,20)8-9/h9H,1-8H2/t9-/m1/s1. The summed E-state index contributed by atoms with van der Waals surface area (Å²) in [6, 6.07) is 0. The van der Waals surface area contributed by atoms with Gasteiger partial charge in [-0.3, -0.25) is 14.5 Å². The van der Waals surface area contributed by atoms with Crippen molar-refractivity contribution in [2.24, 2.45) is 5.92 Å². The molecule has 23 heavy (non-hydrogen) atoms. The van der Waals surface area contributed by atoms with Gasteiger partial charge in [0.15, 0.2) is 9.84 Å². The van der Waals surface area contributed by atoms with Crippen molar-refractivity contribution < 1.29 is 22.4 Å². The molecule has 10 heteroatoms. The molecule has 2 aliphatic rings. The highest BCUT2D eigenvalue weighted by Gasteiger charge is 2.30. The van der Waals surface area contributed by atoms with Crippen molar-refractivity contribution in [2.75, 3.05) is 23.8 Å². The maximum absolute atomic E-state index is 11.9. The molecule has 3 heterocycles. The molecule has 3 rings (SSSR count). The minimum absolute atomic E-state index is 0.0159. The Morgan fingerprint density at radius 3 is 2.87 bits per heavy atom. The van der Waals surface area contributed by atoms with Gasteiger partial charge >= 0.3 is 0 Å². The summed E-state index contributed by atoms with van der Waals surface area (Å²) in [5.41, 5.74) is 0. The lowest BCUT2D eigenvalue weighted by Crippen LogP contribution is -2.33. The van der Waals surface area contributed by atoms with Crippen LogP contribution in [0.2, 0.25) is 0 Å². The first-order valence-corrected chi connectivity index (χ1v) is 10.2. The van der Waals surface area contributed by atoms with Crippen LogP contribution in [0.5, 0.6) is 0 Å². The predicted molar refractivity (Wildman–Crippen MR) is 81.4 cm³/mol. The first-order chi connectivity index (χ1) is 10.9. The molecule has 0 radical (unpaired) electrons. The first kappa shape index (κ1) is 16.4. The second kappa shape index (κ2) is 6.60. The van der Waals surface area contributed by atoms with Crippen LogP contribution in [0.3, 0.4) is 0 Å². The van der Waals surface area contributed by atoms with Crippen LogP contribution in [0, 0.1) is 5.92 Å². The summed E-state index contributed by atoms with van der Waals surface area (Å²) in [5.74, 6) is 0.467. The number of amides is 2. The molecule has 2 saturated heterocycles. The van der Waals surface area contributed by atoms with Crippen LogP contribution in [0.15, 0.2) is 9.64 Å². The van der Waals surface area contributed by atoms with E-state index in [2.05, 4.69) is 10.2 Å². The molecular formula is C13H17N3O5S2. The monoisotopic (exact) mass is 359 g/mol. The lowest BCUT2D eigenvalue weighted by Gasteiger charge is -2.11. The van der Waals surface area contributed by atoms with Crippen LogP contribution in [-0.4, -0.2) is 59.1 Å². The summed E-state index contributed by atoms with van der Waals surface area (Å²) in [6.07, 6.45) is 2.18. The van der Waals surface area contributed by atoms with Crippen molar-refractivity contribution in [1.29, 1.82) is 0 Å². The smallest absolute Gasteiger partial charge is 0.277 e. The molecule has 0 unspecified atom stereocenters. The molecule has 2 aliphatic heterocycles. The Balaban J connectivity index is 1.49. The lowest BCUT2D eigenvalue weighted by atomic mass is 10.1. The minimum Gasteiger partial charge on any atom is -0.416 e. The van der Waals surface area contributed by atoms with E-state index in [-0.39, 0.29) is 40.2 Å². The quantitative estimate of drug-likeness (QED) is 0.690. The van der Waals surface area contributed by atoms with Gasteiger partial charge in [0.2, 0.25) is 17.7 Å². The summed E-state index contributed by atoms with van der Waals surface area (Å²) in [7, 11) is -2.92. The number of carbonyl (C=O) groups excluding carboxylic acids is 2. The van der Waals surface area contributed by atoms with E-state index in [0.29, 0.717) is 38.1 Å². The van der Waals surface area contributed by atoms with Gasteiger partial charge in [-0.05, 0) is 18.8 Å². The molecule has 0 spiro atoms. The number of likely N-dealkylation sites (tertiary alicyclic amines) is 1. The summed E-state index contributed by atoms with van der Waals surface area (Å²) < 4.78 is 28.3. The fourth-order valence-corrected chi connectivity index (χ4v) is 5.29. The Kier molecular flexibility index (Phi) is 4.72. The lowest BCUT2D eigenvalue weighted by molar-refractivity contribution is -0.140. The Bertz CT molecular complexity index is 715. The number of imide groups is 1. The largest absolute Gasteiger partial charge is 0.416 e. The van der Waals surface area contributed by atoms with E-state index in [4.69, 9.17) is 4.42 Å². The Hall–Kier alpha value is -1.42. The maximum Gasteiger partial charge on any atom is 0.277 e. The van der Waals surface area contributed by atoms with Gasteiger partial charge in [0, 0.05) is 19.4 Å². The van der Waals surface area contributed by atoms with E-state index in [9.17, 15) is 18.0 Å². The average molecular weight is 359 g/mol. The minimum atomic E-state index is -2.92. The molecular weight excluding hydrogens is 342 g/mol. The number of sulfone groups is 1. The second-order valence-electron chi connectivity index (χ2n) is 5.77. The van der Waals surface area contributed by atoms with Crippen LogP contribution >= 0.6 is 11.8 Å². The fourth-order valence-electron chi connectivity index (χ4n) is 2.77. The van der Waals surface area contributed by atoms with Crippen LogP contribution in [0.4, 0.5) is 0 Å². The van der Waals surface area contributed by atoms with E-state index < -0.39 is 9.84 Å². The summed E-state index contributed by atoms with van der Waals surface area (Å²) in [5, 5.41) is 8.01. The number of aromatic nitrogens is 2. The summed E-state index contributed by atoms with van der Waals surface area (Å²) >= 11 is 1.09. The zero-order valence-electron chi connectivity index (χ0n) is 12.4. The fraction of sp³-hybridized carbons (Fsp3) is 0.692. The van der Waals surface area contributed by atoms with Gasteiger partial charge in [0.25, 0.3) is 5.22 Å². The van der Waals surface area contributed by atoms with Crippen LogP contribution in [0.25, 0.3) is 0 Å². The molecule has 0 N–H and O–H groups in total. The van der Waals surface area contributed by atoms with Crippen molar-refractivity contribution in [3.8, 4) is 0 Å². The summed E-state index contributed by atoms with van der Waals surface area (Å²) in [6.45, 7) is 0.476. The molecule has 0 aromatic carbocycles. The van der Waals surface area contributed by atoms with Gasteiger partial charge in [-0.15, -0.1) is 10.2 Å². The molecule has 1 aromatic heterocycles.